The lowest BCUT2D eigenvalue weighted by molar-refractivity contribution is -0.143. The molecule has 5 nitrogen and oxygen atoms in total. The van der Waals surface area contributed by atoms with E-state index >= 15 is 0 Å². The summed E-state index contributed by atoms with van der Waals surface area (Å²) in [6.45, 7) is 2.22. The number of piperazine rings is 1. The van der Waals surface area contributed by atoms with Gasteiger partial charge in [-0.1, -0.05) is 30.3 Å². The first-order valence-corrected chi connectivity index (χ1v) is 10.6. The van der Waals surface area contributed by atoms with Gasteiger partial charge in [-0.15, -0.1) is 0 Å². The van der Waals surface area contributed by atoms with Gasteiger partial charge in [-0.25, -0.2) is 13.2 Å². The van der Waals surface area contributed by atoms with Crippen LogP contribution in [0.2, 0.25) is 0 Å². The summed E-state index contributed by atoms with van der Waals surface area (Å²) in [7, 11) is 0. The van der Waals surface area contributed by atoms with E-state index in [0.29, 0.717) is 50.1 Å². The molecule has 1 heterocycles. The van der Waals surface area contributed by atoms with Crippen LogP contribution >= 0.6 is 0 Å². The Morgan fingerprint density at radius 1 is 1.00 bits per heavy atom. The Balaban J connectivity index is 1.43. The lowest BCUT2D eigenvalue weighted by Gasteiger charge is -2.35. The van der Waals surface area contributed by atoms with Crippen molar-refractivity contribution in [2.75, 3.05) is 26.2 Å². The van der Waals surface area contributed by atoms with Crippen molar-refractivity contribution < 1.29 is 27.9 Å². The predicted octanol–water partition coefficient (Wildman–Crippen LogP) is 3.50. The second kappa shape index (κ2) is 8.24. The number of benzene rings is 2. The molecular weight excluding hydrogens is 421 g/mol. The highest BCUT2D eigenvalue weighted by Gasteiger charge is 2.50. The summed E-state index contributed by atoms with van der Waals surface area (Å²) < 4.78 is 41.4. The number of amides is 2. The van der Waals surface area contributed by atoms with Crippen molar-refractivity contribution in [2.24, 2.45) is 0 Å². The van der Waals surface area contributed by atoms with Crippen LogP contribution in [-0.2, 0) is 11.2 Å². The molecule has 170 valence electrons. The molecule has 0 unspecified atom stereocenters. The van der Waals surface area contributed by atoms with Crippen LogP contribution < -0.4 is 0 Å². The van der Waals surface area contributed by atoms with Gasteiger partial charge in [0.15, 0.2) is 0 Å². The Bertz CT molecular complexity index is 1020. The molecule has 0 atom stereocenters. The molecule has 2 amide bonds. The first kappa shape index (κ1) is 22.3. The van der Waals surface area contributed by atoms with Gasteiger partial charge in [0.2, 0.25) is 5.92 Å². The van der Waals surface area contributed by atoms with Crippen molar-refractivity contribution in [3.05, 3.63) is 59.4 Å². The second-order valence-electron chi connectivity index (χ2n) is 8.72. The zero-order valence-electron chi connectivity index (χ0n) is 17.8. The molecule has 0 radical (unpaired) electrons. The fourth-order valence-corrected chi connectivity index (χ4v) is 3.99. The number of nitrogens with zero attached hydrogens (tertiary/aromatic N) is 2. The zero-order valence-corrected chi connectivity index (χ0v) is 17.8. The predicted molar refractivity (Wildman–Crippen MR) is 113 cm³/mol. The standard InChI is InChI=1S/C24H25F3N2O3/c1-23(26,27)15-18-3-2-4-19(20(18)25)16-5-7-17(8-6-16)21(30)28-11-13-29(14-12-28)22(31)24(32)9-10-24/h2-8,32H,9-15H2,1H3. The van der Waals surface area contributed by atoms with Gasteiger partial charge in [0.05, 0.1) is 0 Å². The summed E-state index contributed by atoms with van der Waals surface area (Å²) in [6, 6.07) is 10.8. The summed E-state index contributed by atoms with van der Waals surface area (Å²) in [4.78, 5) is 28.3. The molecule has 1 N–H and O–H groups in total. The number of carbonyl (C=O) groups excluding carboxylic acids is 2. The summed E-state index contributed by atoms with van der Waals surface area (Å²) >= 11 is 0. The molecule has 32 heavy (non-hydrogen) atoms. The number of hydrogen-bond acceptors (Lipinski definition) is 3. The molecule has 2 fully saturated rings. The van der Waals surface area contributed by atoms with Crippen LogP contribution in [0.5, 0.6) is 0 Å². The van der Waals surface area contributed by atoms with E-state index in [1.807, 2.05) is 0 Å². The van der Waals surface area contributed by atoms with Gasteiger partial charge in [0.25, 0.3) is 11.8 Å². The average molecular weight is 446 g/mol. The van der Waals surface area contributed by atoms with Gasteiger partial charge < -0.3 is 14.9 Å². The van der Waals surface area contributed by atoms with Crippen LogP contribution in [0.25, 0.3) is 11.1 Å². The molecule has 2 aliphatic rings. The lowest BCUT2D eigenvalue weighted by Crippen LogP contribution is -2.53. The lowest BCUT2D eigenvalue weighted by atomic mass is 9.98. The monoisotopic (exact) mass is 446 g/mol. The Morgan fingerprint density at radius 2 is 1.59 bits per heavy atom. The van der Waals surface area contributed by atoms with E-state index in [1.54, 1.807) is 34.1 Å². The Labute approximate surface area is 184 Å². The third kappa shape index (κ3) is 4.65. The van der Waals surface area contributed by atoms with Crippen molar-refractivity contribution in [3.63, 3.8) is 0 Å². The maximum Gasteiger partial charge on any atom is 0.254 e. The van der Waals surface area contributed by atoms with Crippen molar-refractivity contribution in [1.29, 1.82) is 0 Å². The van der Waals surface area contributed by atoms with Crippen LogP contribution in [0.15, 0.2) is 42.5 Å². The number of alkyl halides is 2. The quantitative estimate of drug-likeness (QED) is 0.765. The van der Waals surface area contributed by atoms with Crippen molar-refractivity contribution in [2.45, 2.75) is 37.7 Å². The van der Waals surface area contributed by atoms with Gasteiger partial charge >= 0.3 is 0 Å². The van der Waals surface area contributed by atoms with Crippen molar-refractivity contribution >= 4 is 11.8 Å². The van der Waals surface area contributed by atoms with E-state index in [1.165, 1.54) is 18.2 Å². The fraction of sp³-hybridized carbons (Fsp3) is 0.417. The maximum atomic E-state index is 14.8. The normalized spacial score (nSPS) is 17.9. The minimum Gasteiger partial charge on any atom is -0.380 e. The van der Waals surface area contributed by atoms with E-state index < -0.39 is 23.8 Å². The van der Waals surface area contributed by atoms with E-state index in [2.05, 4.69) is 0 Å². The van der Waals surface area contributed by atoms with E-state index in [-0.39, 0.29) is 22.9 Å². The molecule has 0 spiro atoms. The van der Waals surface area contributed by atoms with E-state index in [9.17, 15) is 27.9 Å². The first-order valence-electron chi connectivity index (χ1n) is 10.6. The van der Waals surface area contributed by atoms with E-state index in [4.69, 9.17) is 0 Å². The molecule has 0 bridgehead atoms. The molecule has 2 aromatic rings. The third-order valence-corrected chi connectivity index (χ3v) is 6.00. The van der Waals surface area contributed by atoms with Gasteiger partial charge in [-0.05, 0) is 43.0 Å². The molecule has 2 aromatic carbocycles. The first-order chi connectivity index (χ1) is 15.1. The van der Waals surface area contributed by atoms with Crippen LogP contribution in [0.4, 0.5) is 13.2 Å². The molecule has 1 aliphatic heterocycles. The number of carbonyl (C=O) groups is 2. The van der Waals surface area contributed by atoms with Crippen LogP contribution in [0, 0.1) is 5.82 Å². The zero-order chi connectivity index (χ0) is 23.1. The minimum absolute atomic E-state index is 0.0570. The summed E-state index contributed by atoms with van der Waals surface area (Å²) in [5.41, 5.74) is -0.143. The van der Waals surface area contributed by atoms with Gasteiger partial charge in [0, 0.05) is 43.7 Å². The summed E-state index contributed by atoms with van der Waals surface area (Å²) in [5.74, 6) is -4.17. The van der Waals surface area contributed by atoms with Crippen LogP contribution in [-0.4, -0.2) is 64.4 Å². The number of rotatable bonds is 5. The van der Waals surface area contributed by atoms with Crippen molar-refractivity contribution in [1.82, 2.24) is 9.80 Å². The average Bonchev–Trinajstić information content (AvgIpc) is 3.52. The smallest absolute Gasteiger partial charge is 0.254 e. The highest BCUT2D eigenvalue weighted by Crippen LogP contribution is 2.37. The number of halogens is 3. The van der Waals surface area contributed by atoms with Crippen molar-refractivity contribution in [3.8, 4) is 11.1 Å². The van der Waals surface area contributed by atoms with Crippen LogP contribution in [0.3, 0.4) is 0 Å². The van der Waals surface area contributed by atoms with Gasteiger partial charge in [0.1, 0.15) is 11.4 Å². The Morgan fingerprint density at radius 3 is 2.16 bits per heavy atom. The summed E-state index contributed by atoms with van der Waals surface area (Å²) in [5, 5.41) is 9.98. The maximum absolute atomic E-state index is 14.8. The molecule has 4 rings (SSSR count). The fourth-order valence-electron chi connectivity index (χ4n) is 3.99. The van der Waals surface area contributed by atoms with Gasteiger partial charge in [-0.3, -0.25) is 9.59 Å². The minimum atomic E-state index is -3.01. The number of hydrogen-bond donors (Lipinski definition) is 1. The highest BCUT2D eigenvalue weighted by molar-refractivity contribution is 5.95. The summed E-state index contributed by atoms with van der Waals surface area (Å²) in [6.07, 6.45) is 0.290. The molecule has 8 heteroatoms. The highest BCUT2D eigenvalue weighted by atomic mass is 19.3. The largest absolute Gasteiger partial charge is 0.380 e. The topological polar surface area (TPSA) is 60.9 Å². The molecule has 0 aromatic heterocycles. The van der Waals surface area contributed by atoms with Crippen LogP contribution in [0.1, 0.15) is 35.7 Å². The Kier molecular flexibility index (Phi) is 5.75. The third-order valence-electron chi connectivity index (χ3n) is 6.00. The SMILES string of the molecule is CC(F)(F)Cc1cccc(-c2ccc(C(=O)N3CCN(C(=O)C4(O)CC4)CC3)cc2)c1F. The van der Waals surface area contributed by atoms with Gasteiger partial charge in [-0.2, -0.15) is 0 Å². The second-order valence-corrected chi connectivity index (χ2v) is 8.72. The van der Waals surface area contributed by atoms with E-state index in [0.717, 1.165) is 6.92 Å². The Hall–Kier alpha value is -2.87. The number of aliphatic hydroxyl groups is 1. The molecule has 1 saturated carbocycles. The molecule has 1 aliphatic carbocycles. The molecule has 1 saturated heterocycles. The molecular formula is C24H25F3N2O3.